The van der Waals surface area contributed by atoms with Gasteiger partial charge in [-0.15, -0.1) is 0 Å². The van der Waals surface area contributed by atoms with Gasteiger partial charge in [0, 0.05) is 18.6 Å². The van der Waals surface area contributed by atoms with Crippen molar-refractivity contribution < 1.29 is 0 Å². The first-order valence-corrected chi connectivity index (χ1v) is 7.04. The van der Waals surface area contributed by atoms with Crippen LogP contribution < -0.4 is 0 Å². The molecule has 3 aliphatic rings. The molecule has 2 nitrogen and oxygen atoms in total. The summed E-state index contributed by atoms with van der Waals surface area (Å²) in [5, 5.41) is 9.34. The summed E-state index contributed by atoms with van der Waals surface area (Å²) in [5.74, 6) is 1.29. The van der Waals surface area contributed by atoms with Crippen LogP contribution in [0.3, 0.4) is 0 Å². The van der Waals surface area contributed by atoms with Crippen molar-refractivity contribution in [2.75, 3.05) is 6.54 Å². The molecule has 3 rings (SSSR count). The second-order valence-electron chi connectivity index (χ2n) is 5.97. The predicted octanol–water partition coefficient (Wildman–Crippen LogP) is 2.94. The zero-order valence-corrected chi connectivity index (χ0v) is 10.1. The normalized spacial score (nSPS) is 44.2. The molecule has 1 saturated heterocycles. The van der Waals surface area contributed by atoms with Crippen molar-refractivity contribution in [3.05, 3.63) is 0 Å². The van der Waals surface area contributed by atoms with Crippen LogP contribution in [0.5, 0.6) is 0 Å². The number of piperidine rings is 1. The molecule has 2 bridgehead atoms. The van der Waals surface area contributed by atoms with Gasteiger partial charge in [0.1, 0.15) is 0 Å². The third-order valence-corrected chi connectivity index (χ3v) is 5.02. The van der Waals surface area contributed by atoms with E-state index in [0.717, 1.165) is 18.4 Å². The third kappa shape index (κ3) is 1.76. The maximum absolute atomic E-state index is 9.34. The van der Waals surface area contributed by atoms with Crippen molar-refractivity contribution in [3.8, 4) is 6.07 Å². The number of likely N-dealkylation sites (tertiary alicyclic amines) is 1. The Morgan fingerprint density at radius 2 is 1.88 bits per heavy atom. The topological polar surface area (TPSA) is 27.0 Å². The van der Waals surface area contributed by atoms with Gasteiger partial charge in [-0.3, -0.25) is 4.90 Å². The first-order chi connectivity index (χ1) is 7.88. The van der Waals surface area contributed by atoms with Crippen LogP contribution in [0.1, 0.15) is 51.4 Å². The molecule has 0 aromatic rings. The van der Waals surface area contributed by atoms with Crippen LogP contribution in [0.2, 0.25) is 0 Å². The van der Waals surface area contributed by atoms with E-state index in [2.05, 4.69) is 11.0 Å². The second kappa shape index (κ2) is 4.37. The van der Waals surface area contributed by atoms with E-state index >= 15 is 0 Å². The molecule has 2 saturated carbocycles. The monoisotopic (exact) mass is 218 g/mol. The molecule has 4 unspecified atom stereocenters. The van der Waals surface area contributed by atoms with Gasteiger partial charge < -0.3 is 0 Å². The Kier molecular flexibility index (Phi) is 2.90. The smallest absolute Gasteiger partial charge is 0.0672 e. The average Bonchev–Trinajstić information content (AvgIpc) is 2.84. The Morgan fingerprint density at radius 1 is 1.00 bits per heavy atom. The molecule has 0 amide bonds. The molecular formula is C14H22N2. The maximum Gasteiger partial charge on any atom is 0.0672 e. The highest BCUT2D eigenvalue weighted by molar-refractivity contribution is 5.01. The van der Waals surface area contributed by atoms with Crippen LogP contribution in [-0.2, 0) is 0 Å². The molecule has 16 heavy (non-hydrogen) atoms. The SMILES string of the molecule is N#CC1CCCCCC1N1CC2CCC1C2. The second-order valence-corrected chi connectivity index (χ2v) is 5.97. The van der Waals surface area contributed by atoms with Gasteiger partial charge in [-0.05, 0) is 38.0 Å². The molecule has 0 N–H and O–H groups in total. The highest BCUT2D eigenvalue weighted by Crippen LogP contribution is 2.41. The van der Waals surface area contributed by atoms with Crippen LogP contribution in [0.15, 0.2) is 0 Å². The summed E-state index contributed by atoms with van der Waals surface area (Å²) in [6.45, 7) is 1.30. The van der Waals surface area contributed by atoms with Crippen molar-refractivity contribution in [3.63, 3.8) is 0 Å². The van der Waals surface area contributed by atoms with Gasteiger partial charge in [0.15, 0.2) is 0 Å². The van der Waals surface area contributed by atoms with Gasteiger partial charge >= 0.3 is 0 Å². The molecule has 4 atom stereocenters. The predicted molar refractivity (Wildman–Crippen MR) is 63.8 cm³/mol. The maximum atomic E-state index is 9.34. The van der Waals surface area contributed by atoms with Crippen molar-refractivity contribution >= 4 is 0 Å². The van der Waals surface area contributed by atoms with Gasteiger partial charge in [-0.25, -0.2) is 0 Å². The Morgan fingerprint density at radius 3 is 2.56 bits per heavy atom. The summed E-state index contributed by atoms with van der Waals surface area (Å²) in [6, 6.07) is 4.03. The summed E-state index contributed by atoms with van der Waals surface area (Å²) >= 11 is 0. The Labute approximate surface area is 98.6 Å². The number of rotatable bonds is 1. The largest absolute Gasteiger partial charge is 0.296 e. The molecule has 1 aliphatic heterocycles. The fourth-order valence-electron chi connectivity index (χ4n) is 4.20. The Balaban J connectivity index is 1.73. The lowest BCUT2D eigenvalue weighted by atomic mass is 9.93. The quantitative estimate of drug-likeness (QED) is 0.633. The molecule has 0 spiro atoms. The van der Waals surface area contributed by atoms with Crippen molar-refractivity contribution in [2.45, 2.75) is 63.5 Å². The van der Waals surface area contributed by atoms with Crippen molar-refractivity contribution in [2.24, 2.45) is 11.8 Å². The minimum absolute atomic E-state index is 0.321. The minimum atomic E-state index is 0.321. The number of nitriles is 1. The molecule has 2 heteroatoms. The molecule has 1 heterocycles. The van der Waals surface area contributed by atoms with Crippen LogP contribution in [0.25, 0.3) is 0 Å². The number of hydrogen-bond acceptors (Lipinski definition) is 2. The molecular weight excluding hydrogens is 196 g/mol. The summed E-state index contributed by atoms with van der Waals surface area (Å²) in [5.41, 5.74) is 0. The molecule has 88 valence electrons. The van der Waals surface area contributed by atoms with Gasteiger partial charge in [0.2, 0.25) is 0 Å². The van der Waals surface area contributed by atoms with E-state index in [1.165, 1.54) is 51.5 Å². The standard InChI is InChI=1S/C14H22N2/c15-9-12-4-2-1-3-5-14(12)16-10-11-6-7-13(16)8-11/h11-14H,1-8,10H2. The van der Waals surface area contributed by atoms with Crippen molar-refractivity contribution in [1.82, 2.24) is 4.90 Å². The van der Waals surface area contributed by atoms with Gasteiger partial charge in [0.05, 0.1) is 12.0 Å². The first-order valence-electron chi connectivity index (χ1n) is 7.04. The first kappa shape index (κ1) is 10.6. The zero-order valence-electron chi connectivity index (χ0n) is 10.1. The zero-order chi connectivity index (χ0) is 11.0. The van der Waals surface area contributed by atoms with Gasteiger partial charge in [-0.2, -0.15) is 5.26 Å². The van der Waals surface area contributed by atoms with E-state index in [4.69, 9.17) is 0 Å². The summed E-state index contributed by atoms with van der Waals surface area (Å²) < 4.78 is 0. The molecule has 0 radical (unpaired) electrons. The van der Waals surface area contributed by atoms with E-state index < -0.39 is 0 Å². The summed E-state index contributed by atoms with van der Waals surface area (Å²) in [6.07, 6.45) is 10.7. The Bertz CT molecular complexity index is 294. The summed E-state index contributed by atoms with van der Waals surface area (Å²) in [7, 11) is 0. The van der Waals surface area contributed by atoms with E-state index in [9.17, 15) is 5.26 Å². The lowest BCUT2D eigenvalue weighted by molar-refractivity contribution is 0.115. The number of hydrogen-bond donors (Lipinski definition) is 0. The lowest BCUT2D eigenvalue weighted by Crippen LogP contribution is -2.44. The molecule has 0 aromatic carbocycles. The average molecular weight is 218 g/mol. The number of nitrogens with zero attached hydrogens (tertiary/aromatic N) is 2. The van der Waals surface area contributed by atoms with E-state index in [1.807, 2.05) is 0 Å². The fourth-order valence-corrected chi connectivity index (χ4v) is 4.20. The van der Waals surface area contributed by atoms with Gasteiger partial charge in [0.25, 0.3) is 0 Å². The fraction of sp³-hybridized carbons (Fsp3) is 0.929. The molecule has 0 aromatic heterocycles. The lowest BCUT2D eigenvalue weighted by Gasteiger charge is -2.36. The highest BCUT2D eigenvalue weighted by Gasteiger charge is 2.43. The van der Waals surface area contributed by atoms with E-state index in [1.54, 1.807) is 0 Å². The van der Waals surface area contributed by atoms with Gasteiger partial charge in [-0.1, -0.05) is 19.3 Å². The summed E-state index contributed by atoms with van der Waals surface area (Å²) in [4.78, 5) is 2.72. The minimum Gasteiger partial charge on any atom is -0.296 e. The van der Waals surface area contributed by atoms with Crippen LogP contribution in [0, 0.1) is 23.2 Å². The highest BCUT2D eigenvalue weighted by atomic mass is 15.2. The van der Waals surface area contributed by atoms with E-state index in [0.29, 0.717) is 12.0 Å². The number of fused-ring (bicyclic) bond motifs is 2. The molecule has 2 aliphatic carbocycles. The van der Waals surface area contributed by atoms with Crippen LogP contribution in [-0.4, -0.2) is 23.5 Å². The third-order valence-electron chi connectivity index (χ3n) is 5.02. The van der Waals surface area contributed by atoms with E-state index in [-0.39, 0.29) is 0 Å². The van der Waals surface area contributed by atoms with Crippen molar-refractivity contribution in [1.29, 1.82) is 5.26 Å². The van der Waals surface area contributed by atoms with Crippen LogP contribution in [0.4, 0.5) is 0 Å². The van der Waals surface area contributed by atoms with Crippen LogP contribution >= 0.6 is 0 Å². The Hall–Kier alpha value is -0.550. The molecule has 3 fully saturated rings.